The van der Waals surface area contributed by atoms with Gasteiger partial charge in [0.25, 0.3) is 10.0 Å². The monoisotopic (exact) mass is 383 g/mol. The average Bonchev–Trinajstić information content (AvgIpc) is 2.60. The number of hydrogen-bond acceptors (Lipinski definition) is 5. The summed E-state index contributed by atoms with van der Waals surface area (Å²) < 4.78 is 37.3. The summed E-state index contributed by atoms with van der Waals surface area (Å²) in [6, 6.07) is 11.2. The molecule has 0 saturated heterocycles. The number of hydrogen-bond donors (Lipinski definition) is 1. The highest BCUT2D eigenvalue weighted by Crippen LogP contribution is 2.29. The first-order valence-corrected chi connectivity index (χ1v) is 9.33. The van der Waals surface area contributed by atoms with Crippen molar-refractivity contribution in [1.29, 1.82) is 0 Å². The fraction of sp³-hybridized carbons (Fsp3) is 0.235. The minimum atomic E-state index is -3.80. The Hall–Kier alpha value is -2.25. The largest absolute Gasteiger partial charge is 0.480 e. The normalized spacial score (nSPS) is 11.0. The summed E-state index contributed by atoms with van der Waals surface area (Å²) in [6.45, 7) is 1.63. The number of nitrogens with one attached hydrogen (secondary N) is 1. The van der Waals surface area contributed by atoms with Gasteiger partial charge in [-0.3, -0.25) is 4.72 Å². The molecule has 0 aliphatic rings. The summed E-state index contributed by atoms with van der Waals surface area (Å²) in [7, 11) is -2.56. The Morgan fingerprint density at radius 1 is 1.20 bits per heavy atom. The van der Waals surface area contributed by atoms with Gasteiger partial charge in [-0.25, -0.2) is 13.2 Å². The second kappa shape index (κ2) is 8.22. The summed E-state index contributed by atoms with van der Waals surface area (Å²) in [5, 5.41) is 0.0792. The topological polar surface area (TPSA) is 81.7 Å². The minimum Gasteiger partial charge on any atom is -0.480 e. The van der Waals surface area contributed by atoms with Gasteiger partial charge in [-0.15, -0.1) is 0 Å². The Morgan fingerprint density at radius 3 is 2.56 bits per heavy atom. The Bertz CT molecular complexity index is 867. The molecule has 0 amide bonds. The van der Waals surface area contributed by atoms with E-state index in [0.717, 1.165) is 5.56 Å². The molecule has 25 heavy (non-hydrogen) atoms. The molecule has 0 radical (unpaired) electrons. The fourth-order valence-corrected chi connectivity index (χ4v) is 3.52. The molecule has 0 unspecified atom stereocenters. The van der Waals surface area contributed by atoms with Crippen LogP contribution >= 0.6 is 11.6 Å². The lowest BCUT2D eigenvalue weighted by Gasteiger charge is -2.13. The number of halogens is 1. The first-order valence-electron chi connectivity index (χ1n) is 7.47. The molecule has 0 aliphatic heterocycles. The van der Waals surface area contributed by atoms with Crippen molar-refractivity contribution in [2.24, 2.45) is 0 Å². The summed E-state index contributed by atoms with van der Waals surface area (Å²) in [6.07, 6.45) is 0.694. The van der Waals surface area contributed by atoms with Crippen molar-refractivity contribution in [3.8, 4) is 5.75 Å². The third-order valence-corrected chi connectivity index (χ3v) is 5.09. The summed E-state index contributed by atoms with van der Waals surface area (Å²) >= 11 is 6.05. The van der Waals surface area contributed by atoms with Crippen LogP contribution in [0.1, 0.15) is 12.5 Å². The molecule has 0 spiro atoms. The summed E-state index contributed by atoms with van der Waals surface area (Å²) in [5.74, 6) is -0.370. The standard InChI is InChI=1S/C17H18ClNO5S/c1-3-12-6-4-5-7-15(12)19-25(21,22)13-8-9-16(14(18)10-13)24-11-17(20)23-2/h4-10,19H,3,11H2,1-2H3. The average molecular weight is 384 g/mol. The van der Waals surface area contributed by atoms with Crippen LogP contribution in [0.25, 0.3) is 0 Å². The molecule has 0 atom stereocenters. The maximum Gasteiger partial charge on any atom is 0.343 e. The van der Waals surface area contributed by atoms with Gasteiger partial charge in [-0.05, 0) is 36.2 Å². The van der Waals surface area contributed by atoms with Gasteiger partial charge in [0.2, 0.25) is 0 Å². The van der Waals surface area contributed by atoms with Crippen LogP contribution in [-0.4, -0.2) is 28.1 Å². The lowest BCUT2D eigenvalue weighted by molar-refractivity contribution is -0.142. The van der Waals surface area contributed by atoms with Crippen molar-refractivity contribution < 1.29 is 22.7 Å². The lowest BCUT2D eigenvalue weighted by atomic mass is 10.1. The van der Waals surface area contributed by atoms with Gasteiger partial charge >= 0.3 is 5.97 Å². The third kappa shape index (κ3) is 4.87. The van der Waals surface area contributed by atoms with Crippen LogP contribution in [0.15, 0.2) is 47.4 Å². The Kier molecular flexibility index (Phi) is 6.27. The summed E-state index contributed by atoms with van der Waals surface area (Å²) in [4.78, 5) is 11.1. The molecule has 1 N–H and O–H groups in total. The van der Waals surface area contributed by atoms with E-state index in [1.54, 1.807) is 12.1 Å². The minimum absolute atomic E-state index is 0.00572. The van der Waals surface area contributed by atoms with Crippen molar-refractivity contribution in [2.75, 3.05) is 18.4 Å². The van der Waals surface area contributed by atoms with Gasteiger partial charge in [0.1, 0.15) is 5.75 Å². The van der Waals surface area contributed by atoms with E-state index >= 15 is 0 Å². The van der Waals surface area contributed by atoms with Crippen LogP contribution in [0.4, 0.5) is 5.69 Å². The third-order valence-electron chi connectivity index (χ3n) is 3.43. The molecular formula is C17H18ClNO5S. The maximum atomic E-state index is 12.6. The SMILES string of the molecule is CCc1ccccc1NS(=O)(=O)c1ccc(OCC(=O)OC)c(Cl)c1. The highest BCUT2D eigenvalue weighted by atomic mass is 35.5. The molecule has 2 aromatic rings. The number of carbonyl (C=O) groups is 1. The Balaban J connectivity index is 2.22. The van der Waals surface area contributed by atoms with Crippen LogP contribution in [0.2, 0.25) is 5.02 Å². The molecule has 0 heterocycles. The van der Waals surface area contributed by atoms with E-state index in [1.165, 1.54) is 25.3 Å². The van der Waals surface area contributed by atoms with Crippen molar-refractivity contribution in [3.63, 3.8) is 0 Å². The number of methoxy groups -OCH3 is 1. The van der Waals surface area contributed by atoms with Gasteiger partial charge in [0, 0.05) is 0 Å². The molecule has 0 saturated carbocycles. The number of aryl methyl sites for hydroxylation is 1. The van der Waals surface area contributed by atoms with E-state index in [9.17, 15) is 13.2 Å². The number of esters is 1. The van der Waals surface area contributed by atoms with E-state index in [0.29, 0.717) is 12.1 Å². The van der Waals surface area contributed by atoms with Gasteiger partial charge in [-0.2, -0.15) is 0 Å². The molecule has 8 heteroatoms. The number of sulfonamides is 1. The summed E-state index contributed by atoms with van der Waals surface area (Å²) in [5.41, 5.74) is 1.40. The molecule has 2 aromatic carbocycles. The first kappa shape index (κ1) is 19.1. The van der Waals surface area contributed by atoms with Gasteiger partial charge in [0.15, 0.2) is 6.61 Å². The van der Waals surface area contributed by atoms with Crippen LogP contribution in [0.5, 0.6) is 5.75 Å². The van der Waals surface area contributed by atoms with E-state index in [4.69, 9.17) is 16.3 Å². The van der Waals surface area contributed by atoms with E-state index in [-0.39, 0.29) is 22.3 Å². The highest BCUT2D eigenvalue weighted by molar-refractivity contribution is 7.92. The van der Waals surface area contributed by atoms with Crippen LogP contribution in [-0.2, 0) is 26.0 Å². The van der Waals surface area contributed by atoms with Gasteiger partial charge in [0.05, 0.1) is 22.7 Å². The molecule has 0 fully saturated rings. The Labute approximate surface area is 151 Å². The molecule has 2 rings (SSSR count). The molecular weight excluding hydrogens is 366 g/mol. The molecule has 6 nitrogen and oxygen atoms in total. The smallest absolute Gasteiger partial charge is 0.343 e. The van der Waals surface area contributed by atoms with Crippen LogP contribution in [0, 0.1) is 0 Å². The van der Waals surface area contributed by atoms with Crippen molar-refractivity contribution in [2.45, 2.75) is 18.2 Å². The second-order valence-electron chi connectivity index (χ2n) is 5.07. The number of carbonyl (C=O) groups excluding carboxylic acids is 1. The van der Waals surface area contributed by atoms with E-state index in [1.807, 2.05) is 19.1 Å². The van der Waals surface area contributed by atoms with Crippen LogP contribution < -0.4 is 9.46 Å². The maximum absolute atomic E-state index is 12.6. The Morgan fingerprint density at radius 2 is 1.92 bits per heavy atom. The molecule has 0 aliphatic carbocycles. The number of rotatable bonds is 7. The van der Waals surface area contributed by atoms with E-state index < -0.39 is 16.0 Å². The fourth-order valence-electron chi connectivity index (χ4n) is 2.09. The predicted molar refractivity (Wildman–Crippen MR) is 95.6 cm³/mol. The van der Waals surface area contributed by atoms with Gasteiger partial charge in [-0.1, -0.05) is 36.7 Å². The van der Waals surface area contributed by atoms with Crippen molar-refractivity contribution >= 4 is 33.3 Å². The van der Waals surface area contributed by atoms with Crippen molar-refractivity contribution in [1.82, 2.24) is 0 Å². The number of ether oxygens (including phenoxy) is 2. The molecule has 0 aromatic heterocycles. The first-order chi connectivity index (χ1) is 11.9. The second-order valence-corrected chi connectivity index (χ2v) is 7.16. The molecule has 0 bridgehead atoms. The van der Waals surface area contributed by atoms with Crippen LogP contribution in [0.3, 0.4) is 0 Å². The zero-order valence-electron chi connectivity index (χ0n) is 13.8. The zero-order chi connectivity index (χ0) is 18.4. The van der Waals surface area contributed by atoms with Gasteiger partial charge < -0.3 is 9.47 Å². The zero-order valence-corrected chi connectivity index (χ0v) is 15.4. The van der Waals surface area contributed by atoms with Crippen molar-refractivity contribution in [3.05, 3.63) is 53.1 Å². The highest BCUT2D eigenvalue weighted by Gasteiger charge is 2.18. The van der Waals surface area contributed by atoms with E-state index in [2.05, 4.69) is 9.46 Å². The number of anilines is 1. The number of para-hydroxylation sites is 1. The number of benzene rings is 2. The lowest BCUT2D eigenvalue weighted by Crippen LogP contribution is -2.15. The quantitative estimate of drug-likeness (QED) is 0.742. The molecule has 134 valence electrons. The predicted octanol–water partition coefficient (Wildman–Crippen LogP) is 3.26.